The van der Waals surface area contributed by atoms with E-state index in [9.17, 15) is 0 Å². The molecule has 2 saturated heterocycles. The van der Waals surface area contributed by atoms with E-state index in [-0.39, 0.29) is 0 Å². The smallest absolute Gasteiger partial charge is 0.0829 e. The summed E-state index contributed by atoms with van der Waals surface area (Å²) in [7, 11) is 0. The maximum atomic E-state index is 5.92. The molecule has 0 aromatic heterocycles. The van der Waals surface area contributed by atoms with Crippen LogP contribution in [0.2, 0.25) is 0 Å². The third-order valence-corrected chi connectivity index (χ3v) is 4.40. The van der Waals surface area contributed by atoms with Crippen LogP contribution in [0.25, 0.3) is 0 Å². The number of morpholine rings is 1. The highest BCUT2D eigenvalue weighted by Gasteiger charge is 2.25. The second kappa shape index (κ2) is 7.79. The predicted octanol–water partition coefficient (Wildman–Crippen LogP) is 0.952. The Morgan fingerprint density at radius 1 is 1.11 bits per heavy atom. The van der Waals surface area contributed by atoms with Gasteiger partial charge in [-0.15, -0.1) is 11.6 Å². The van der Waals surface area contributed by atoms with E-state index in [1.54, 1.807) is 0 Å². The van der Waals surface area contributed by atoms with Gasteiger partial charge in [0.1, 0.15) is 0 Å². The molecule has 2 fully saturated rings. The molecule has 1 unspecified atom stereocenters. The molecule has 2 heterocycles. The first kappa shape index (κ1) is 15.5. The van der Waals surface area contributed by atoms with Gasteiger partial charge in [-0.2, -0.15) is 0 Å². The lowest BCUT2D eigenvalue weighted by Crippen LogP contribution is -2.53. The summed E-state index contributed by atoms with van der Waals surface area (Å²) >= 11 is 5.79. The van der Waals surface area contributed by atoms with Crippen LogP contribution in [-0.4, -0.2) is 91.7 Å². The topological polar surface area (TPSA) is 19.0 Å². The zero-order valence-electron chi connectivity index (χ0n) is 12.4. The molecule has 0 aromatic rings. The van der Waals surface area contributed by atoms with Crippen molar-refractivity contribution >= 4 is 11.6 Å². The minimum absolute atomic E-state index is 0.385. The van der Waals surface area contributed by atoms with Crippen LogP contribution in [0.1, 0.15) is 13.8 Å². The van der Waals surface area contributed by atoms with Gasteiger partial charge < -0.3 is 4.74 Å². The molecule has 0 spiro atoms. The van der Waals surface area contributed by atoms with Gasteiger partial charge in [-0.1, -0.05) is 0 Å². The van der Waals surface area contributed by atoms with Crippen molar-refractivity contribution in [3.05, 3.63) is 0 Å². The van der Waals surface area contributed by atoms with Crippen LogP contribution < -0.4 is 0 Å². The van der Waals surface area contributed by atoms with E-state index in [2.05, 4.69) is 28.5 Å². The third kappa shape index (κ3) is 4.87. The van der Waals surface area contributed by atoms with E-state index in [1.807, 2.05) is 0 Å². The standard InChI is InChI=1S/C14H28ClN3O/c1-13(2)18-9-10-19-14(12-18)11-17-7-5-16(4-3-15)6-8-17/h13-14H,3-12H2,1-2H3. The number of nitrogens with zero attached hydrogens (tertiary/aromatic N) is 3. The Balaban J connectivity index is 1.70. The molecule has 0 aliphatic carbocycles. The van der Waals surface area contributed by atoms with E-state index in [0.29, 0.717) is 12.1 Å². The highest BCUT2D eigenvalue weighted by atomic mass is 35.5. The number of halogens is 1. The van der Waals surface area contributed by atoms with Gasteiger partial charge in [0.05, 0.1) is 12.7 Å². The average molecular weight is 290 g/mol. The Labute approximate surface area is 122 Å². The Morgan fingerprint density at radius 3 is 2.42 bits per heavy atom. The van der Waals surface area contributed by atoms with Gasteiger partial charge in [-0.25, -0.2) is 0 Å². The first-order chi connectivity index (χ1) is 9.19. The SMILES string of the molecule is CC(C)N1CCOC(CN2CCN(CCCl)CC2)C1. The molecule has 2 aliphatic heterocycles. The Kier molecular flexibility index (Phi) is 6.36. The Hall–Kier alpha value is 0.130. The number of rotatable bonds is 5. The van der Waals surface area contributed by atoms with Crippen molar-refractivity contribution < 1.29 is 4.74 Å². The first-order valence-electron chi connectivity index (χ1n) is 7.55. The lowest BCUT2D eigenvalue weighted by Gasteiger charge is -2.40. The van der Waals surface area contributed by atoms with E-state index >= 15 is 0 Å². The molecule has 112 valence electrons. The average Bonchev–Trinajstić information content (AvgIpc) is 2.42. The van der Waals surface area contributed by atoms with Crippen molar-refractivity contribution in [2.24, 2.45) is 0 Å². The molecule has 0 N–H and O–H groups in total. The number of alkyl halides is 1. The maximum Gasteiger partial charge on any atom is 0.0829 e. The van der Waals surface area contributed by atoms with E-state index in [4.69, 9.17) is 16.3 Å². The predicted molar refractivity (Wildman–Crippen MR) is 80.0 cm³/mol. The van der Waals surface area contributed by atoms with Crippen LogP contribution in [0.3, 0.4) is 0 Å². The summed E-state index contributed by atoms with van der Waals surface area (Å²) in [5, 5.41) is 0. The largest absolute Gasteiger partial charge is 0.374 e. The molecule has 0 amide bonds. The lowest BCUT2D eigenvalue weighted by molar-refractivity contribution is -0.0562. The van der Waals surface area contributed by atoms with Gasteiger partial charge in [0.15, 0.2) is 0 Å². The van der Waals surface area contributed by atoms with Crippen LogP contribution in [0, 0.1) is 0 Å². The number of ether oxygens (including phenoxy) is 1. The number of hydrogen-bond donors (Lipinski definition) is 0. The van der Waals surface area contributed by atoms with E-state index in [0.717, 1.165) is 64.8 Å². The summed E-state index contributed by atoms with van der Waals surface area (Å²) in [6.07, 6.45) is 0.385. The number of piperazine rings is 1. The molecule has 19 heavy (non-hydrogen) atoms. The molecule has 0 bridgehead atoms. The zero-order valence-corrected chi connectivity index (χ0v) is 13.1. The minimum atomic E-state index is 0.385. The summed E-state index contributed by atoms with van der Waals surface area (Å²) in [6, 6.07) is 0.631. The normalized spacial score (nSPS) is 28.1. The van der Waals surface area contributed by atoms with Crippen molar-refractivity contribution in [2.45, 2.75) is 26.0 Å². The minimum Gasteiger partial charge on any atom is -0.374 e. The lowest BCUT2D eigenvalue weighted by atomic mass is 10.2. The molecule has 4 nitrogen and oxygen atoms in total. The molecule has 2 aliphatic rings. The first-order valence-corrected chi connectivity index (χ1v) is 8.09. The van der Waals surface area contributed by atoms with Crippen LogP contribution in [0.5, 0.6) is 0 Å². The molecular formula is C14H28ClN3O. The van der Waals surface area contributed by atoms with Gasteiger partial charge in [0, 0.05) is 64.3 Å². The second-order valence-corrected chi connectivity index (χ2v) is 6.29. The van der Waals surface area contributed by atoms with E-state index in [1.165, 1.54) is 0 Å². The molecule has 0 radical (unpaired) electrons. The van der Waals surface area contributed by atoms with Gasteiger partial charge in [-0.05, 0) is 13.8 Å². The van der Waals surface area contributed by atoms with Gasteiger partial charge in [-0.3, -0.25) is 14.7 Å². The molecule has 0 saturated carbocycles. The van der Waals surface area contributed by atoms with Crippen LogP contribution >= 0.6 is 11.6 Å². The Bertz CT molecular complexity index is 257. The van der Waals surface area contributed by atoms with Crippen molar-refractivity contribution in [1.29, 1.82) is 0 Å². The number of hydrogen-bond acceptors (Lipinski definition) is 4. The van der Waals surface area contributed by atoms with Crippen molar-refractivity contribution in [1.82, 2.24) is 14.7 Å². The summed E-state index contributed by atoms with van der Waals surface area (Å²) in [5.74, 6) is 0.745. The molecular weight excluding hydrogens is 262 g/mol. The zero-order chi connectivity index (χ0) is 13.7. The van der Waals surface area contributed by atoms with Crippen molar-refractivity contribution in [2.75, 3.05) is 64.8 Å². The summed E-state index contributed by atoms with van der Waals surface area (Å²) in [4.78, 5) is 7.52. The fraction of sp³-hybridized carbons (Fsp3) is 1.00. The molecule has 1 atom stereocenters. The fourth-order valence-electron chi connectivity index (χ4n) is 2.92. The summed E-state index contributed by atoms with van der Waals surface area (Å²) < 4.78 is 5.92. The van der Waals surface area contributed by atoms with Crippen LogP contribution in [0.15, 0.2) is 0 Å². The van der Waals surface area contributed by atoms with Gasteiger partial charge >= 0.3 is 0 Å². The van der Waals surface area contributed by atoms with Crippen LogP contribution in [-0.2, 0) is 4.74 Å². The molecule has 5 heteroatoms. The Morgan fingerprint density at radius 2 is 1.79 bits per heavy atom. The summed E-state index contributed by atoms with van der Waals surface area (Å²) in [6.45, 7) is 14.3. The fourth-order valence-corrected chi connectivity index (χ4v) is 3.16. The quantitative estimate of drug-likeness (QED) is 0.702. The summed E-state index contributed by atoms with van der Waals surface area (Å²) in [5.41, 5.74) is 0. The highest BCUT2D eigenvalue weighted by molar-refractivity contribution is 6.18. The highest BCUT2D eigenvalue weighted by Crippen LogP contribution is 2.11. The van der Waals surface area contributed by atoms with Crippen LogP contribution in [0.4, 0.5) is 0 Å². The monoisotopic (exact) mass is 289 g/mol. The van der Waals surface area contributed by atoms with Gasteiger partial charge in [0.25, 0.3) is 0 Å². The van der Waals surface area contributed by atoms with Crippen molar-refractivity contribution in [3.63, 3.8) is 0 Å². The van der Waals surface area contributed by atoms with Gasteiger partial charge in [0.2, 0.25) is 0 Å². The van der Waals surface area contributed by atoms with E-state index < -0.39 is 0 Å². The van der Waals surface area contributed by atoms with Crippen molar-refractivity contribution in [3.8, 4) is 0 Å². The molecule has 0 aromatic carbocycles. The maximum absolute atomic E-state index is 5.92. The third-order valence-electron chi connectivity index (χ3n) is 4.23. The molecule has 2 rings (SSSR count). The second-order valence-electron chi connectivity index (χ2n) is 5.91.